The SMILES string of the molecule is COc1c(C)cc2c(c1O)[C@@H]1C3[C@@H]4SCC(OC(=O)C(F)(F)F)C(=O)OC[C@@H](c5c6c(c(C)c(OC(C)=O)c54)OCO6)N3[C@@H](C#N)[C@H](C2)N1C. The molecule has 4 bridgehead atoms. The van der Waals surface area contributed by atoms with Crippen LogP contribution in [0.3, 0.4) is 0 Å². The van der Waals surface area contributed by atoms with Gasteiger partial charge in [-0.15, -0.1) is 11.8 Å². The first-order valence-corrected chi connectivity index (χ1v) is 16.7. The predicted octanol–water partition coefficient (Wildman–Crippen LogP) is 3.71. The summed E-state index contributed by atoms with van der Waals surface area (Å²) in [7, 11) is 3.27. The van der Waals surface area contributed by atoms with Crippen molar-refractivity contribution in [3.05, 3.63) is 39.4 Å². The van der Waals surface area contributed by atoms with Crippen molar-refractivity contribution in [2.75, 3.05) is 33.3 Å². The molecule has 0 radical (unpaired) electrons. The number of alkyl halides is 3. The van der Waals surface area contributed by atoms with Crippen LogP contribution in [-0.4, -0.2) is 96.5 Å². The van der Waals surface area contributed by atoms with E-state index in [2.05, 4.69) is 10.8 Å². The number of carbonyl (C=O) groups is 3. The van der Waals surface area contributed by atoms with Crippen LogP contribution in [0.1, 0.15) is 57.6 Å². The Morgan fingerprint density at radius 2 is 1.84 bits per heavy atom. The van der Waals surface area contributed by atoms with Gasteiger partial charge >= 0.3 is 24.1 Å². The minimum atomic E-state index is -5.37. The van der Waals surface area contributed by atoms with E-state index in [1.165, 1.54) is 14.0 Å². The van der Waals surface area contributed by atoms with E-state index in [4.69, 9.17) is 23.7 Å². The quantitative estimate of drug-likeness (QED) is 0.362. The van der Waals surface area contributed by atoms with E-state index >= 15 is 0 Å². The molecule has 2 saturated heterocycles. The molecule has 50 heavy (non-hydrogen) atoms. The van der Waals surface area contributed by atoms with E-state index in [-0.39, 0.29) is 24.0 Å². The maximum Gasteiger partial charge on any atom is 0.490 e. The van der Waals surface area contributed by atoms with Crippen LogP contribution in [-0.2, 0) is 30.3 Å². The Labute approximate surface area is 288 Å². The van der Waals surface area contributed by atoms with Crippen molar-refractivity contribution < 1.29 is 61.1 Å². The second kappa shape index (κ2) is 12.1. The number of ether oxygens (including phenoxy) is 6. The smallest absolute Gasteiger partial charge is 0.490 e. The van der Waals surface area contributed by atoms with Crippen LogP contribution in [0.5, 0.6) is 28.7 Å². The molecule has 1 N–H and O–H groups in total. The number of esters is 3. The fourth-order valence-corrected chi connectivity index (χ4v) is 9.70. The summed E-state index contributed by atoms with van der Waals surface area (Å²) in [5.41, 5.74) is 3.28. The Morgan fingerprint density at radius 3 is 2.50 bits per heavy atom. The van der Waals surface area contributed by atoms with E-state index < -0.39 is 78.0 Å². The number of halogens is 3. The van der Waals surface area contributed by atoms with Gasteiger partial charge in [0.25, 0.3) is 0 Å². The van der Waals surface area contributed by atoms with Crippen LogP contribution in [0.4, 0.5) is 13.2 Å². The van der Waals surface area contributed by atoms with E-state index in [1.807, 2.05) is 22.9 Å². The number of methoxy groups -OCH3 is 1. The molecule has 13 nitrogen and oxygen atoms in total. The number of rotatable bonds is 3. The summed E-state index contributed by atoms with van der Waals surface area (Å²) in [6.07, 6.45) is -6.95. The number of phenolic OH excluding ortho intramolecular Hbond substituents is 1. The molecule has 5 aliphatic heterocycles. The zero-order valence-electron chi connectivity index (χ0n) is 27.5. The van der Waals surface area contributed by atoms with Crippen LogP contribution < -0.4 is 18.9 Å². The summed E-state index contributed by atoms with van der Waals surface area (Å²) in [5.74, 6) is -4.06. The minimum absolute atomic E-state index is 0.100. The van der Waals surface area contributed by atoms with E-state index in [1.54, 1.807) is 13.8 Å². The molecule has 2 aromatic rings. The molecule has 7 atom stereocenters. The number of nitrogens with zero attached hydrogens (tertiary/aromatic N) is 3. The Hall–Kier alpha value is -4.40. The van der Waals surface area contributed by atoms with Gasteiger partial charge in [-0.3, -0.25) is 14.6 Å². The highest BCUT2D eigenvalue weighted by Gasteiger charge is 2.61. The van der Waals surface area contributed by atoms with E-state index in [9.17, 15) is 37.9 Å². The van der Waals surface area contributed by atoms with Gasteiger partial charge in [0.2, 0.25) is 12.9 Å². The van der Waals surface area contributed by atoms with Crippen LogP contribution in [0.2, 0.25) is 0 Å². The first-order valence-electron chi connectivity index (χ1n) is 15.7. The molecule has 17 heteroatoms. The fourth-order valence-electron chi connectivity index (χ4n) is 8.23. The van der Waals surface area contributed by atoms with Gasteiger partial charge in [0.05, 0.1) is 30.5 Å². The van der Waals surface area contributed by atoms with Gasteiger partial charge in [-0.25, -0.2) is 9.59 Å². The van der Waals surface area contributed by atoms with Crippen molar-refractivity contribution in [2.24, 2.45) is 0 Å². The zero-order chi connectivity index (χ0) is 36.0. The van der Waals surface area contributed by atoms with Crippen molar-refractivity contribution >= 4 is 29.7 Å². The minimum Gasteiger partial charge on any atom is -0.504 e. The lowest BCUT2D eigenvalue weighted by Gasteiger charge is -2.61. The van der Waals surface area contributed by atoms with Crippen molar-refractivity contribution in [3.63, 3.8) is 0 Å². The van der Waals surface area contributed by atoms with Gasteiger partial charge in [-0.1, -0.05) is 6.07 Å². The van der Waals surface area contributed by atoms with Crippen LogP contribution in [0, 0.1) is 25.2 Å². The topological polar surface area (TPSA) is 157 Å². The lowest BCUT2D eigenvalue weighted by molar-refractivity contribution is -0.207. The number of aromatic hydroxyl groups is 1. The summed E-state index contributed by atoms with van der Waals surface area (Å²) in [5, 5.41) is 21.7. The molecule has 2 fully saturated rings. The number of hydrogen-bond donors (Lipinski definition) is 1. The summed E-state index contributed by atoms with van der Waals surface area (Å²) < 4.78 is 73.5. The molecule has 2 aromatic carbocycles. The highest BCUT2D eigenvalue weighted by molar-refractivity contribution is 7.99. The highest BCUT2D eigenvalue weighted by atomic mass is 32.2. The van der Waals surface area contributed by atoms with Crippen LogP contribution in [0.25, 0.3) is 0 Å². The van der Waals surface area contributed by atoms with Crippen molar-refractivity contribution in [3.8, 4) is 34.8 Å². The third-order valence-corrected chi connectivity index (χ3v) is 11.5. The monoisotopic (exact) mass is 719 g/mol. The normalized spacial score (nSPS) is 28.4. The fraction of sp³-hybridized carbons (Fsp3) is 0.515. The standard InChI is InChI=1S/C33H32F3N3O10S/c1-12-6-15-7-16-17(8-37)39-18-9-45-31(42)19(49-32(43)33(34,35)36)10-50-30(24(39)23(38(16)4)20(15)25(41)26(12)44-5)22-21(18)29-28(46-11-47-29)13(2)27(22)48-14(3)40/h6,16-19,23-24,30,41H,7,9-11H2,1-5H3/t16-,17-,18-,19?,23+,24?,30+/m0/s1. The van der Waals surface area contributed by atoms with E-state index in [0.29, 0.717) is 45.7 Å². The number of thioether (sulfide) groups is 1. The number of benzene rings is 2. The lowest BCUT2D eigenvalue weighted by atomic mass is 9.71. The van der Waals surface area contributed by atoms with Gasteiger partial charge in [0.1, 0.15) is 18.4 Å². The number of phenols is 1. The summed E-state index contributed by atoms with van der Waals surface area (Å²) >= 11 is 0.975. The molecular weight excluding hydrogens is 687 g/mol. The van der Waals surface area contributed by atoms with Crippen LogP contribution >= 0.6 is 11.8 Å². The molecule has 266 valence electrons. The molecule has 0 saturated carbocycles. The number of likely N-dealkylation sites (N-methyl/N-ethyl adjacent to an activating group) is 1. The Kier molecular flexibility index (Phi) is 8.27. The van der Waals surface area contributed by atoms with E-state index in [0.717, 1.165) is 17.3 Å². The first-order chi connectivity index (χ1) is 23.7. The average molecular weight is 720 g/mol. The maximum atomic E-state index is 13.3. The molecule has 5 aliphatic rings. The number of aryl methyl sites for hydroxylation is 1. The largest absolute Gasteiger partial charge is 0.504 e. The summed E-state index contributed by atoms with van der Waals surface area (Å²) in [4.78, 5) is 41.8. The van der Waals surface area contributed by atoms with Gasteiger partial charge < -0.3 is 33.5 Å². The molecule has 0 aromatic heterocycles. The Bertz CT molecular complexity index is 1870. The molecule has 0 amide bonds. The second-order valence-electron chi connectivity index (χ2n) is 12.8. The first kappa shape index (κ1) is 34.1. The summed E-state index contributed by atoms with van der Waals surface area (Å²) in [6.45, 7) is 4.01. The number of nitriles is 1. The molecule has 2 unspecified atom stereocenters. The van der Waals surface area contributed by atoms with Gasteiger partial charge in [-0.2, -0.15) is 18.4 Å². The summed E-state index contributed by atoms with van der Waals surface area (Å²) in [6, 6.07) is 0.677. The van der Waals surface area contributed by atoms with Crippen LogP contribution in [0.15, 0.2) is 6.07 Å². The van der Waals surface area contributed by atoms with Gasteiger partial charge in [0.15, 0.2) is 23.0 Å². The number of fused-ring (bicyclic) bond motifs is 9. The van der Waals surface area contributed by atoms with Crippen molar-refractivity contribution in [1.29, 1.82) is 5.26 Å². The average Bonchev–Trinajstić information content (AvgIpc) is 3.54. The highest BCUT2D eigenvalue weighted by Crippen LogP contribution is 2.64. The third kappa shape index (κ3) is 5.02. The number of carbonyl (C=O) groups excluding carboxylic acids is 3. The number of hydrogen-bond acceptors (Lipinski definition) is 14. The van der Waals surface area contributed by atoms with Crippen molar-refractivity contribution in [1.82, 2.24) is 9.80 Å². The third-order valence-electron chi connectivity index (χ3n) is 10.1. The number of piperazine rings is 1. The molecule has 7 rings (SSSR count). The van der Waals surface area contributed by atoms with Crippen molar-refractivity contribution in [2.45, 2.75) is 74.9 Å². The molecule has 5 heterocycles. The maximum absolute atomic E-state index is 13.3. The van der Waals surface area contributed by atoms with Gasteiger partial charge in [-0.05, 0) is 38.4 Å². The second-order valence-corrected chi connectivity index (χ2v) is 13.9. The lowest BCUT2D eigenvalue weighted by Crippen LogP contribution is -2.69. The molecule has 0 spiro atoms. The predicted molar refractivity (Wildman–Crippen MR) is 166 cm³/mol. The molecule has 0 aliphatic carbocycles. The zero-order valence-corrected chi connectivity index (χ0v) is 28.3. The molecular formula is C33H32F3N3O10S. The Balaban J connectivity index is 1.51. The Morgan fingerprint density at radius 1 is 1.12 bits per heavy atom. The number of cyclic esters (lactones) is 1. The van der Waals surface area contributed by atoms with Gasteiger partial charge in [0, 0.05) is 47.0 Å².